The third kappa shape index (κ3) is 0.374. The fraction of sp³-hybridized carbons (Fsp3) is 1.00. The van der Waals surface area contributed by atoms with Gasteiger partial charge in [0.2, 0.25) is 0 Å². The molecule has 1 atom stereocenters. The van der Waals surface area contributed by atoms with Crippen LogP contribution < -0.4 is 0 Å². The summed E-state index contributed by atoms with van der Waals surface area (Å²) in [4.78, 5) is 0. The highest BCUT2D eigenvalue weighted by Gasteiger charge is 2.79. The maximum atomic E-state index is 12.6. The number of alkyl halides is 2. The van der Waals surface area contributed by atoms with E-state index in [2.05, 4.69) is 0 Å². The van der Waals surface area contributed by atoms with Crippen LogP contribution in [0.4, 0.5) is 8.78 Å². The predicted molar refractivity (Wildman–Crippen MR) is 30.4 cm³/mol. The van der Waals surface area contributed by atoms with Gasteiger partial charge < -0.3 is 0 Å². The van der Waals surface area contributed by atoms with E-state index in [0.717, 1.165) is 19.3 Å². The van der Waals surface area contributed by atoms with Crippen molar-refractivity contribution in [2.45, 2.75) is 32.1 Å². The van der Waals surface area contributed by atoms with Crippen molar-refractivity contribution in [2.24, 2.45) is 11.3 Å². The molecule has 9 heavy (non-hydrogen) atoms. The van der Waals surface area contributed by atoms with Crippen LogP contribution in [0, 0.1) is 11.3 Å². The molecule has 2 fully saturated rings. The summed E-state index contributed by atoms with van der Waals surface area (Å²) in [6.45, 7) is 1.67. The highest BCUT2D eigenvalue weighted by Crippen LogP contribution is 2.75. The molecule has 0 N–H and O–H groups in total. The minimum atomic E-state index is -2.30. The highest BCUT2D eigenvalue weighted by atomic mass is 19.3. The average Bonchev–Trinajstić information content (AvgIpc) is 2.01. The molecule has 2 saturated carbocycles. The first-order valence-corrected chi connectivity index (χ1v) is 3.49. The van der Waals surface area contributed by atoms with Gasteiger partial charge in [-0.25, -0.2) is 8.78 Å². The Morgan fingerprint density at radius 2 is 1.78 bits per heavy atom. The number of rotatable bonds is 0. The van der Waals surface area contributed by atoms with Crippen molar-refractivity contribution in [1.29, 1.82) is 0 Å². The van der Waals surface area contributed by atoms with E-state index in [0.29, 0.717) is 0 Å². The summed E-state index contributed by atoms with van der Waals surface area (Å²) in [6, 6.07) is 0. The van der Waals surface area contributed by atoms with Crippen LogP contribution in [0.1, 0.15) is 26.2 Å². The molecule has 52 valence electrons. The molecule has 0 radical (unpaired) electrons. The van der Waals surface area contributed by atoms with Crippen LogP contribution in [0.15, 0.2) is 0 Å². The Hall–Kier alpha value is -0.140. The molecule has 0 aliphatic heterocycles. The van der Waals surface area contributed by atoms with Crippen LogP contribution in [-0.2, 0) is 0 Å². The van der Waals surface area contributed by atoms with Gasteiger partial charge in [-0.15, -0.1) is 0 Å². The minimum Gasteiger partial charge on any atom is -0.206 e. The predicted octanol–water partition coefficient (Wildman–Crippen LogP) is 2.44. The average molecular weight is 132 g/mol. The third-order valence-electron chi connectivity index (χ3n) is 3.20. The molecule has 0 amide bonds. The monoisotopic (exact) mass is 132 g/mol. The van der Waals surface area contributed by atoms with E-state index in [1.54, 1.807) is 6.92 Å². The molecule has 1 spiro atoms. The lowest BCUT2D eigenvalue weighted by molar-refractivity contribution is 0.0283. The lowest BCUT2D eigenvalue weighted by atomic mass is 9.79. The Morgan fingerprint density at radius 3 is 1.78 bits per heavy atom. The summed E-state index contributed by atoms with van der Waals surface area (Å²) >= 11 is 0. The van der Waals surface area contributed by atoms with Gasteiger partial charge in [0.15, 0.2) is 0 Å². The van der Waals surface area contributed by atoms with Crippen molar-refractivity contribution in [1.82, 2.24) is 0 Å². The van der Waals surface area contributed by atoms with Crippen molar-refractivity contribution in [2.75, 3.05) is 0 Å². The molecule has 0 saturated heterocycles. The molecular weight excluding hydrogens is 122 g/mol. The Kier molecular flexibility index (Phi) is 0.725. The first-order chi connectivity index (χ1) is 4.11. The van der Waals surface area contributed by atoms with E-state index in [1.807, 2.05) is 0 Å². The normalized spacial score (nSPS) is 42.3. The summed E-state index contributed by atoms with van der Waals surface area (Å²) in [5.41, 5.74) is -0.507. The van der Waals surface area contributed by atoms with Gasteiger partial charge in [-0.2, -0.15) is 0 Å². The molecule has 2 aliphatic carbocycles. The van der Waals surface area contributed by atoms with Gasteiger partial charge in [-0.05, 0) is 12.8 Å². The number of halogens is 2. The van der Waals surface area contributed by atoms with Crippen LogP contribution in [0.3, 0.4) is 0 Å². The zero-order valence-corrected chi connectivity index (χ0v) is 5.45. The third-order valence-corrected chi connectivity index (χ3v) is 3.20. The molecule has 1 unspecified atom stereocenters. The Bertz CT molecular complexity index is 147. The Morgan fingerprint density at radius 1 is 1.33 bits per heavy atom. The van der Waals surface area contributed by atoms with Gasteiger partial charge in [0.05, 0.1) is 0 Å². The van der Waals surface area contributed by atoms with E-state index in [9.17, 15) is 8.78 Å². The van der Waals surface area contributed by atoms with Gasteiger partial charge in [0.25, 0.3) is 5.92 Å². The summed E-state index contributed by atoms with van der Waals surface area (Å²) in [5, 5.41) is 0. The van der Waals surface area contributed by atoms with E-state index >= 15 is 0 Å². The van der Waals surface area contributed by atoms with Crippen LogP contribution >= 0.6 is 0 Å². The second-order valence-corrected chi connectivity index (χ2v) is 3.35. The maximum Gasteiger partial charge on any atom is 0.257 e. The molecule has 0 aromatic heterocycles. The first kappa shape index (κ1) is 5.63. The Balaban J connectivity index is 2.19. The lowest BCUT2D eigenvalue weighted by Gasteiger charge is -2.25. The molecule has 0 aromatic carbocycles. The topological polar surface area (TPSA) is 0 Å². The van der Waals surface area contributed by atoms with Crippen molar-refractivity contribution in [3.05, 3.63) is 0 Å². The standard InChI is InChI=1S/C7H10F2/c1-5-6(3-2-4-6)7(5,8)9/h5H,2-4H2,1H3. The number of hydrogen-bond donors (Lipinski definition) is 0. The SMILES string of the molecule is CC1C(F)(F)C12CCC2. The number of hydrogen-bond acceptors (Lipinski definition) is 0. The first-order valence-electron chi connectivity index (χ1n) is 3.49. The quantitative estimate of drug-likeness (QED) is 0.475. The van der Waals surface area contributed by atoms with Crippen molar-refractivity contribution < 1.29 is 8.78 Å². The van der Waals surface area contributed by atoms with Gasteiger partial charge in [0, 0.05) is 11.3 Å². The van der Waals surface area contributed by atoms with Crippen molar-refractivity contribution in [3.8, 4) is 0 Å². The second-order valence-electron chi connectivity index (χ2n) is 3.35. The van der Waals surface area contributed by atoms with E-state index < -0.39 is 11.3 Å². The summed E-state index contributed by atoms with van der Waals surface area (Å²) < 4.78 is 25.3. The van der Waals surface area contributed by atoms with Crippen LogP contribution in [0.25, 0.3) is 0 Å². The molecule has 0 aromatic rings. The van der Waals surface area contributed by atoms with Crippen molar-refractivity contribution >= 4 is 0 Å². The maximum absolute atomic E-state index is 12.6. The fourth-order valence-electron chi connectivity index (χ4n) is 2.03. The van der Waals surface area contributed by atoms with Crippen LogP contribution in [0.2, 0.25) is 0 Å². The van der Waals surface area contributed by atoms with Gasteiger partial charge in [0.1, 0.15) is 0 Å². The largest absolute Gasteiger partial charge is 0.257 e. The molecule has 2 heteroatoms. The Labute approximate surface area is 53.2 Å². The summed E-state index contributed by atoms with van der Waals surface area (Å²) in [6.07, 6.45) is 2.54. The van der Waals surface area contributed by atoms with E-state index in [4.69, 9.17) is 0 Å². The molecule has 0 heterocycles. The van der Waals surface area contributed by atoms with E-state index in [-0.39, 0.29) is 5.92 Å². The molecule has 2 aliphatic rings. The summed E-state index contributed by atoms with van der Waals surface area (Å²) in [7, 11) is 0. The van der Waals surface area contributed by atoms with Gasteiger partial charge >= 0.3 is 0 Å². The molecule has 2 rings (SSSR count). The van der Waals surface area contributed by atoms with Crippen LogP contribution in [0.5, 0.6) is 0 Å². The van der Waals surface area contributed by atoms with Gasteiger partial charge in [-0.1, -0.05) is 13.3 Å². The summed E-state index contributed by atoms with van der Waals surface area (Å²) in [5.74, 6) is -2.62. The lowest BCUT2D eigenvalue weighted by Crippen LogP contribution is -2.20. The van der Waals surface area contributed by atoms with Crippen molar-refractivity contribution in [3.63, 3.8) is 0 Å². The van der Waals surface area contributed by atoms with E-state index in [1.165, 1.54) is 0 Å². The fourth-order valence-corrected chi connectivity index (χ4v) is 2.03. The highest BCUT2D eigenvalue weighted by molar-refractivity contribution is 5.19. The molecule has 0 bridgehead atoms. The molecule has 0 nitrogen and oxygen atoms in total. The van der Waals surface area contributed by atoms with Crippen LogP contribution in [-0.4, -0.2) is 5.92 Å². The second kappa shape index (κ2) is 1.16. The smallest absolute Gasteiger partial charge is 0.206 e. The minimum absolute atomic E-state index is 0.321. The molecular formula is C7H10F2. The van der Waals surface area contributed by atoms with Gasteiger partial charge in [-0.3, -0.25) is 0 Å². The zero-order chi connectivity index (χ0) is 6.70. The zero-order valence-electron chi connectivity index (χ0n) is 5.45.